The molecule has 0 fully saturated rings. The van der Waals surface area contributed by atoms with Crippen molar-refractivity contribution in [2.75, 3.05) is 27.2 Å². The maximum atomic E-state index is 11.5. The molecule has 1 aromatic rings. The van der Waals surface area contributed by atoms with Crippen LogP contribution in [0.25, 0.3) is 0 Å². The molecule has 2 N–H and O–H groups in total. The van der Waals surface area contributed by atoms with Gasteiger partial charge in [-0.05, 0) is 25.5 Å². The van der Waals surface area contributed by atoms with Crippen LogP contribution in [-0.2, 0) is 10.3 Å². The molecule has 0 saturated heterocycles. The van der Waals surface area contributed by atoms with Gasteiger partial charge >= 0.3 is 0 Å². The standard InChI is InChI=1S/C15H24N2O2/c1-15(12-18,13-8-5-4-6-9-13)16-11-7-10-14(19)17(2)3/h4-6,8-9,16,18H,7,10-12H2,1-3H3. The van der Waals surface area contributed by atoms with Gasteiger partial charge in [0.15, 0.2) is 0 Å². The molecule has 0 aliphatic heterocycles. The summed E-state index contributed by atoms with van der Waals surface area (Å²) in [5, 5.41) is 12.9. The highest BCUT2D eigenvalue weighted by molar-refractivity contribution is 5.75. The smallest absolute Gasteiger partial charge is 0.222 e. The van der Waals surface area contributed by atoms with Gasteiger partial charge in [-0.1, -0.05) is 30.3 Å². The van der Waals surface area contributed by atoms with Crippen molar-refractivity contribution in [3.63, 3.8) is 0 Å². The summed E-state index contributed by atoms with van der Waals surface area (Å²) >= 11 is 0. The van der Waals surface area contributed by atoms with Crippen LogP contribution in [0.4, 0.5) is 0 Å². The molecule has 0 aromatic heterocycles. The molecule has 1 aromatic carbocycles. The molecule has 0 saturated carbocycles. The van der Waals surface area contributed by atoms with Gasteiger partial charge in [0.05, 0.1) is 12.1 Å². The van der Waals surface area contributed by atoms with Crippen molar-refractivity contribution in [1.82, 2.24) is 10.2 Å². The number of carbonyl (C=O) groups is 1. The number of amides is 1. The largest absolute Gasteiger partial charge is 0.394 e. The van der Waals surface area contributed by atoms with Gasteiger partial charge in [0, 0.05) is 20.5 Å². The van der Waals surface area contributed by atoms with Crippen molar-refractivity contribution >= 4 is 5.91 Å². The second kappa shape index (κ2) is 7.26. The number of nitrogens with zero attached hydrogens (tertiary/aromatic N) is 1. The van der Waals surface area contributed by atoms with E-state index in [0.29, 0.717) is 13.0 Å². The van der Waals surface area contributed by atoms with E-state index < -0.39 is 5.54 Å². The molecule has 0 aliphatic rings. The zero-order chi connectivity index (χ0) is 14.3. The molecule has 1 rings (SSSR count). The average molecular weight is 264 g/mol. The minimum atomic E-state index is -0.456. The fourth-order valence-electron chi connectivity index (χ4n) is 1.88. The maximum Gasteiger partial charge on any atom is 0.222 e. The van der Waals surface area contributed by atoms with E-state index in [1.807, 2.05) is 37.3 Å². The van der Waals surface area contributed by atoms with E-state index in [0.717, 1.165) is 12.0 Å². The fourth-order valence-corrected chi connectivity index (χ4v) is 1.88. The second-order valence-electron chi connectivity index (χ2n) is 5.17. The fraction of sp³-hybridized carbons (Fsp3) is 0.533. The number of aliphatic hydroxyl groups excluding tert-OH is 1. The summed E-state index contributed by atoms with van der Waals surface area (Å²) in [4.78, 5) is 13.1. The van der Waals surface area contributed by atoms with E-state index in [2.05, 4.69) is 5.32 Å². The highest BCUT2D eigenvalue weighted by Gasteiger charge is 2.24. The Labute approximate surface area is 115 Å². The lowest BCUT2D eigenvalue weighted by Crippen LogP contribution is -2.43. The second-order valence-corrected chi connectivity index (χ2v) is 5.17. The number of hydrogen-bond donors (Lipinski definition) is 2. The Bertz CT molecular complexity index is 392. The Morgan fingerprint density at radius 1 is 1.32 bits per heavy atom. The summed E-state index contributed by atoms with van der Waals surface area (Å²) in [5.41, 5.74) is 0.596. The van der Waals surface area contributed by atoms with Gasteiger partial charge in [-0.3, -0.25) is 4.79 Å². The highest BCUT2D eigenvalue weighted by Crippen LogP contribution is 2.19. The number of nitrogens with one attached hydrogen (secondary N) is 1. The normalized spacial score (nSPS) is 13.9. The van der Waals surface area contributed by atoms with Crippen LogP contribution in [0.5, 0.6) is 0 Å². The Balaban J connectivity index is 2.47. The van der Waals surface area contributed by atoms with Crippen LogP contribution < -0.4 is 5.32 Å². The molecule has 106 valence electrons. The first-order valence-corrected chi connectivity index (χ1v) is 6.61. The first kappa shape index (κ1) is 15.7. The molecule has 0 aliphatic carbocycles. The summed E-state index contributed by atoms with van der Waals surface area (Å²) < 4.78 is 0. The molecule has 0 heterocycles. The van der Waals surface area contributed by atoms with Crippen LogP contribution in [0.3, 0.4) is 0 Å². The molecule has 4 nitrogen and oxygen atoms in total. The molecule has 4 heteroatoms. The zero-order valence-electron chi connectivity index (χ0n) is 12.0. The zero-order valence-corrected chi connectivity index (χ0v) is 12.0. The molecule has 1 atom stereocenters. The Kier molecular flexibility index (Phi) is 5.99. The minimum absolute atomic E-state index is 0.0264. The summed E-state index contributed by atoms with van der Waals surface area (Å²) in [6, 6.07) is 9.86. The van der Waals surface area contributed by atoms with Gasteiger partial charge in [0.1, 0.15) is 0 Å². The quantitative estimate of drug-likeness (QED) is 0.731. The Morgan fingerprint density at radius 3 is 2.47 bits per heavy atom. The van der Waals surface area contributed by atoms with E-state index in [4.69, 9.17) is 0 Å². The van der Waals surface area contributed by atoms with Crippen molar-refractivity contribution < 1.29 is 9.90 Å². The van der Waals surface area contributed by atoms with Crippen molar-refractivity contribution in [2.24, 2.45) is 0 Å². The monoisotopic (exact) mass is 264 g/mol. The summed E-state index contributed by atoms with van der Waals surface area (Å²) in [5.74, 6) is 0.132. The summed E-state index contributed by atoms with van der Waals surface area (Å²) in [6.07, 6.45) is 1.29. The van der Waals surface area contributed by atoms with E-state index >= 15 is 0 Å². The Morgan fingerprint density at radius 2 is 1.95 bits per heavy atom. The molecule has 0 bridgehead atoms. The van der Waals surface area contributed by atoms with E-state index in [-0.39, 0.29) is 12.5 Å². The third-order valence-electron chi connectivity index (χ3n) is 3.31. The average Bonchev–Trinajstić information content (AvgIpc) is 2.43. The molecule has 1 unspecified atom stereocenters. The molecular weight excluding hydrogens is 240 g/mol. The third-order valence-corrected chi connectivity index (χ3v) is 3.31. The van der Waals surface area contributed by atoms with E-state index in [1.54, 1.807) is 19.0 Å². The number of aliphatic hydroxyl groups is 1. The predicted octanol–water partition coefficient (Wildman–Crippen LogP) is 1.35. The first-order chi connectivity index (χ1) is 8.99. The number of carbonyl (C=O) groups excluding carboxylic acids is 1. The predicted molar refractivity (Wildman–Crippen MR) is 76.8 cm³/mol. The number of benzene rings is 1. The van der Waals surface area contributed by atoms with Gasteiger partial charge in [0.2, 0.25) is 5.91 Å². The lowest BCUT2D eigenvalue weighted by atomic mass is 9.93. The van der Waals surface area contributed by atoms with Crippen LogP contribution in [0, 0.1) is 0 Å². The summed E-state index contributed by atoms with van der Waals surface area (Å²) in [7, 11) is 3.52. The van der Waals surface area contributed by atoms with Crippen LogP contribution >= 0.6 is 0 Å². The van der Waals surface area contributed by atoms with Crippen molar-refractivity contribution in [3.05, 3.63) is 35.9 Å². The highest BCUT2D eigenvalue weighted by atomic mass is 16.3. The third kappa shape index (κ3) is 4.65. The lowest BCUT2D eigenvalue weighted by Gasteiger charge is -2.29. The van der Waals surface area contributed by atoms with Crippen molar-refractivity contribution in [1.29, 1.82) is 0 Å². The topological polar surface area (TPSA) is 52.6 Å². The summed E-state index contributed by atoms with van der Waals surface area (Å²) in [6.45, 7) is 2.69. The van der Waals surface area contributed by atoms with Crippen LogP contribution in [0.15, 0.2) is 30.3 Å². The molecule has 0 radical (unpaired) electrons. The van der Waals surface area contributed by atoms with Crippen LogP contribution in [-0.4, -0.2) is 43.2 Å². The molecule has 1 amide bonds. The van der Waals surface area contributed by atoms with Crippen molar-refractivity contribution in [2.45, 2.75) is 25.3 Å². The lowest BCUT2D eigenvalue weighted by molar-refractivity contribution is -0.128. The van der Waals surface area contributed by atoms with Gasteiger partial charge in [-0.25, -0.2) is 0 Å². The molecule has 19 heavy (non-hydrogen) atoms. The number of hydrogen-bond acceptors (Lipinski definition) is 3. The minimum Gasteiger partial charge on any atom is -0.394 e. The van der Waals surface area contributed by atoms with Gasteiger partial charge in [-0.2, -0.15) is 0 Å². The molecular formula is C15H24N2O2. The van der Waals surface area contributed by atoms with E-state index in [9.17, 15) is 9.90 Å². The van der Waals surface area contributed by atoms with Crippen LogP contribution in [0.1, 0.15) is 25.3 Å². The van der Waals surface area contributed by atoms with Gasteiger partial charge in [0.25, 0.3) is 0 Å². The molecule has 0 spiro atoms. The van der Waals surface area contributed by atoms with Gasteiger partial charge in [-0.15, -0.1) is 0 Å². The SMILES string of the molecule is CN(C)C(=O)CCCNC(C)(CO)c1ccccc1. The maximum absolute atomic E-state index is 11.5. The Hall–Kier alpha value is -1.39. The van der Waals surface area contributed by atoms with Crippen LogP contribution in [0.2, 0.25) is 0 Å². The van der Waals surface area contributed by atoms with Gasteiger partial charge < -0.3 is 15.3 Å². The first-order valence-electron chi connectivity index (χ1n) is 6.61. The number of rotatable bonds is 7. The van der Waals surface area contributed by atoms with Crippen molar-refractivity contribution in [3.8, 4) is 0 Å². The van der Waals surface area contributed by atoms with E-state index in [1.165, 1.54) is 0 Å².